The van der Waals surface area contributed by atoms with Gasteiger partial charge in [-0.05, 0) is 44.2 Å². The lowest BCUT2D eigenvalue weighted by molar-refractivity contribution is -0.122. The molecule has 0 aromatic heterocycles. The molecule has 3 rings (SSSR count). The summed E-state index contributed by atoms with van der Waals surface area (Å²) in [4.78, 5) is 24.0. The van der Waals surface area contributed by atoms with Crippen LogP contribution in [0.3, 0.4) is 0 Å². The smallest absolute Gasteiger partial charge is 0.265 e. The molecule has 1 heterocycles. The average molecular weight is 388 g/mol. The van der Waals surface area contributed by atoms with Crippen molar-refractivity contribution in [2.45, 2.75) is 31.3 Å². The Morgan fingerprint density at radius 3 is 2.59 bits per heavy atom. The van der Waals surface area contributed by atoms with Crippen molar-refractivity contribution in [1.29, 1.82) is 0 Å². The van der Waals surface area contributed by atoms with Gasteiger partial charge < -0.3 is 15.4 Å². The van der Waals surface area contributed by atoms with E-state index in [4.69, 9.17) is 4.74 Å². The number of nitrogens with one attached hydrogen (secondary N) is 2. The zero-order valence-electron chi connectivity index (χ0n) is 15.0. The van der Waals surface area contributed by atoms with Gasteiger partial charge in [-0.15, -0.1) is 0 Å². The molecule has 0 spiro atoms. The van der Waals surface area contributed by atoms with Crippen molar-refractivity contribution in [3.8, 4) is 5.75 Å². The van der Waals surface area contributed by atoms with Crippen LogP contribution in [-0.4, -0.2) is 32.1 Å². The molecule has 0 unspecified atom stereocenters. The second-order valence-electron chi connectivity index (χ2n) is 6.39. The van der Waals surface area contributed by atoms with Crippen LogP contribution in [0.1, 0.15) is 18.9 Å². The van der Waals surface area contributed by atoms with E-state index < -0.39 is 21.8 Å². The number of carbonyl (C=O) groups is 2. The lowest BCUT2D eigenvalue weighted by Crippen LogP contribution is -2.34. The molecule has 2 amide bonds. The minimum Gasteiger partial charge on any atom is -0.479 e. The molecule has 0 saturated heterocycles. The summed E-state index contributed by atoms with van der Waals surface area (Å²) in [5, 5.41) is 5.34. The number of ether oxygens (including phenoxy) is 1. The molecule has 2 aromatic carbocycles. The van der Waals surface area contributed by atoms with Crippen LogP contribution < -0.4 is 15.4 Å². The summed E-state index contributed by atoms with van der Waals surface area (Å²) in [6.45, 7) is 3.51. The minimum atomic E-state index is -3.53. The highest BCUT2D eigenvalue weighted by atomic mass is 32.2. The molecule has 2 N–H and O–H groups in total. The number of fused-ring (bicyclic) bond motifs is 1. The van der Waals surface area contributed by atoms with Crippen LogP contribution in [0.25, 0.3) is 0 Å². The van der Waals surface area contributed by atoms with E-state index in [1.807, 2.05) is 6.92 Å². The van der Waals surface area contributed by atoms with E-state index >= 15 is 0 Å². The third-order valence-electron chi connectivity index (χ3n) is 4.17. The van der Waals surface area contributed by atoms with E-state index in [2.05, 4.69) is 10.6 Å². The van der Waals surface area contributed by atoms with Crippen molar-refractivity contribution in [3.05, 3.63) is 48.0 Å². The number of benzene rings is 2. The number of carbonyl (C=O) groups excluding carboxylic acids is 2. The maximum Gasteiger partial charge on any atom is 0.265 e. The number of amides is 2. The monoisotopic (exact) mass is 388 g/mol. The highest BCUT2D eigenvalue weighted by Crippen LogP contribution is 2.32. The van der Waals surface area contributed by atoms with Gasteiger partial charge in [0.1, 0.15) is 5.75 Å². The summed E-state index contributed by atoms with van der Waals surface area (Å²) in [5.41, 5.74) is 1.87. The van der Waals surface area contributed by atoms with Crippen molar-refractivity contribution >= 4 is 33.0 Å². The van der Waals surface area contributed by atoms with E-state index in [0.717, 1.165) is 5.56 Å². The highest BCUT2D eigenvalue weighted by Gasteiger charge is 2.24. The van der Waals surface area contributed by atoms with Gasteiger partial charge in [0.15, 0.2) is 15.9 Å². The van der Waals surface area contributed by atoms with Gasteiger partial charge in [0.05, 0.1) is 16.3 Å². The number of anilines is 2. The third kappa shape index (κ3) is 4.46. The van der Waals surface area contributed by atoms with Crippen molar-refractivity contribution < 1.29 is 22.7 Å². The summed E-state index contributed by atoms with van der Waals surface area (Å²) in [7, 11) is -3.53. The van der Waals surface area contributed by atoms with Gasteiger partial charge in [-0.1, -0.05) is 17.7 Å². The predicted octanol–water partition coefficient (Wildman–Crippen LogP) is 2.52. The SMILES string of the molecule is Cc1ccc(S(=O)(=O)CCC(=O)Nc2ccc3c(c2)NC(=O)[C@@H](C)O3)cc1. The fraction of sp³-hybridized carbons (Fsp3) is 0.263. The summed E-state index contributed by atoms with van der Waals surface area (Å²) >= 11 is 0. The first-order chi connectivity index (χ1) is 12.7. The first-order valence-electron chi connectivity index (χ1n) is 8.45. The molecule has 2 aromatic rings. The average Bonchev–Trinajstić information content (AvgIpc) is 2.62. The zero-order valence-corrected chi connectivity index (χ0v) is 15.8. The minimum absolute atomic E-state index is 0.173. The number of aryl methyl sites for hydroxylation is 1. The second kappa shape index (κ2) is 7.40. The molecule has 1 aliphatic rings. The molecule has 0 aliphatic carbocycles. The lowest BCUT2D eigenvalue weighted by atomic mass is 10.2. The maximum atomic E-state index is 12.3. The standard InChI is InChI=1S/C19H20N2O5S/c1-12-3-6-15(7-4-12)27(24,25)10-9-18(22)20-14-5-8-17-16(11-14)21-19(23)13(2)26-17/h3-8,11,13H,9-10H2,1-2H3,(H,20,22)(H,21,23)/t13-/m1/s1. The molecule has 8 heteroatoms. The summed E-state index contributed by atoms with van der Waals surface area (Å²) in [5.74, 6) is -0.469. The molecule has 27 heavy (non-hydrogen) atoms. The fourth-order valence-electron chi connectivity index (χ4n) is 2.60. The van der Waals surface area contributed by atoms with Crippen LogP contribution in [-0.2, 0) is 19.4 Å². The first-order valence-corrected chi connectivity index (χ1v) is 10.1. The van der Waals surface area contributed by atoms with Gasteiger partial charge in [-0.2, -0.15) is 0 Å². The van der Waals surface area contributed by atoms with E-state index in [1.165, 1.54) is 12.1 Å². The Bertz CT molecular complexity index is 984. The summed E-state index contributed by atoms with van der Waals surface area (Å²) < 4.78 is 30.1. The molecule has 0 fully saturated rings. The van der Waals surface area contributed by atoms with Gasteiger partial charge in [0, 0.05) is 12.1 Å². The Hall–Kier alpha value is -2.87. The van der Waals surface area contributed by atoms with Crippen molar-refractivity contribution in [2.75, 3.05) is 16.4 Å². The van der Waals surface area contributed by atoms with E-state index in [9.17, 15) is 18.0 Å². The van der Waals surface area contributed by atoms with Crippen LogP contribution in [0.2, 0.25) is 0 Å². The van der Waals surface area contributed by atoms with E-state index in [0.29, 0.717) is 17.1 Å². The maximum absolute atomic E-state index is 12.3. The van der Waals surface area contributed by atoms with Crippen LogP contribution in [0.4, 0.5) is 11.4 Å². The van der Waals surface area contributed by atoms with Gasteiger partial charge in [-0.25, -0.2) is 8.42 Å². The topological polar surface area (TPSA) is 102 Å². The van der Waals surface area contributed by atoms with E-state index in [1.54, 1.807) is 37.3 Å². The van der Waals surface area contributed by atoms with Crippen molar-refractivity contribution in [1.82, 2.24) is 0 Å². The van der Waals surface area contributed by atoms with Gasteiger partial charge in [0.25, 0.3) is 5.91 Å². The number of rotatable bonds is 5. The number of hydrogen-bond acceptors (Lipinski definition) is 5. The Morgan fingerprint density at radius 2 is 1.89 bits per heavy atom. The van der Waals surface area contributed by atoms with Gasteiger partial charge in [-0.3, -0.25) is 9.59 Å². The van der Waals surface area contributed by atoms with E-state index in [-0.39, 0.29) is 23.0 Å². The molecular weight excluding hydrogens is 368 g/mol. The molecular formula is C19H20N2O5S. The van der Waals surface area contributed by atoms with Crippen LogP contribution in [0, 0.1) is 6.92 Å². The second-order valence-corrected chi connectivity index (χ2v) is 8.50. The number of sulfone groups is 1. The molecule has 142 valence electrons. The quantitative estimate of drug-likeness (QED) is 0.820. The Labute approximate surface area is 157 Å². The molecule has 7 nitrogen and oxygen atoms in total. The molecule has 1 aliphatic heterocycles. The molecule has 0 bridgehead atoms. The predicted molar refractivity (Wildman–Crippen MR) is 102 cm³/mol. The lowest BCUT2D eigenvalue weighted by Gasteiger charge is -2.23. The first kappa shape index (κ1) is 18.9. The van der Waals surface area contributed by atoms with Crippen molar-refractivity contribution in [3.63, 3.8) is 0 Å². The highest BCUT2D eigenvalue weighted by molar-refractivity contribution is 7.91. The Morgan fingerprint density at radius 1 is 1.19 bits per heavy atom. The van der Waals surface area contributed by atoms with Crippen LogP contribution in [0.5, 0.6) is 5.75 Å². The number of hydrogen-bond donors (Lipinski definition) is 2. The Balaban J connectivity index is 1.62. The summed E-state index contributed by atoms with van der Waals surface area (Å²) in [6, 6.07) is 11.4. The normalized spacial score (nSPS) is 16.1. The zero-order chi connectivity index (χ0) is 19.6. The summed E-state index contributed by atoms with van der Waals surface area (Å²) in [6.07, 6.45) is -0.752. The van der Waals surface area contributed by atoms with Crippen LogP contribution >= 0.6 is 0 Å². The molecule has 0 saturated carbocycles. The van der Waals surface area contributed by atoms with Gasteiger partial charge in [0.2, 0.25) is 5.91 Å². The largest absolute Gasteiger partial charge is 0.479 e. The third-order valence-corrected chi connectivity index (χ3v) is 5.90. The van der Waals surface area contributed by atoms with Gasteiger partial charge >= 0.3 is 0 Å². The van der Waals surface area contributed by atoms with Crippen molar-refractivity contribution in [2.24, 2.45) is 0 Å². The molecule has 1 atom stereocenters. The molecule has 0 radical (unpaired) electrons. The van der Waals surface area contributed by atoms with Crippen LogP contribution in [0.15, 0.2) is 47.4 Å². The Kier molecular flexibility index (Phi) is 5.18. The fourth-order valence-corrected chi connectivity index (χ4v) is 3.84.